The molecule has 168 valence electrons. The lowest BCUT2D eigenvalue weighted by Gasteiger charge is -2.24. The van der Waals surface area contributed by atoms with Crippen molar-refractivity contribution in [2.45, 2.75) is 49.6 Å². The molecule has 1 aliphatic heterocycles. The summed E-state index contributed by atoms with van der Waals surface area (Å²) >= 11 is 0. The first-order chi connectivity index (χ1) is 15.3. The van der Waals surface area contributed by atoms with E-state index in [2.05, 4.69) is 12.2 Å². The first-order valence-electron chi connectivity index (χ1n) is 10.5. The largest absolute Gasteiger partial charge is 0.370 e. The Morgan fingerprint density at radius 2 is 1.75 bits per heavy atom. The molecule has 1 saturated heterocycles. The second kappa shape index (κ2) is 9.94. The van der Waals surface area contributed by atoms with Crippen LogP contribution in [-0.4, -0.2) is 43.2 Å². The third kappa shape index (κ3) is 5.15. The lowest BCUT2D eigenvalue weighted by atomic mass is 10.0. The van der Waals surface area contributed by atoms with Crippen LogP contribution in [0.3, 0.4) is 0 Å². The van der Waals surface area contributed by atoms with Crippen LogP contribution in [0.1, 0.15) is 31.7 Å². The van der Waals surface area contributed by atoms with Gasteiger partial charge in [0.2, 0.25) is 21.8 Å². The average Bonchev–Trinajstić information content (AvgIpc) is 3.29. The third-order valence-corrected chi connectivity index (χ3v) is 7.46. The maximum absolute atomic E-state index is 13.2. The van der Waals surface area contributed by atoms with Gasteiger partial charge in [0.1, 0.15) is 12.1 Å². The summed E-state index contributed by atoms with van der Waals surface area (Å²) in [5.41, 5.74) is 8.20. The molecule has 0 aliphatic carbocycles. The van der Waals surface area contributed by atoms with Gasteiger partial charge in [0.15, 0.2) is 0 Å². The van der Waals surface area contributed by atoms with Gasteiger partial charge < -0.3 is 11.1 Å². The van der Waals surface area contributed by atoms with E-state index in [1.807, 2.05) is 24.3 Å². The van der Waals surface area contributed by atoms with Gasteiger partial charge in [-0.15, -0.1) is 0 Å². The second-order valence-corrected chi connectivity index (χ2v) is 9.60. The van der Waals surface area contributed by atoms with Crippen molar-refractivity contribution in [2.75, 3.05) is 6.54 Å². The number of rotatable bonds is 8. The summed E-state index contributed by atoms with van der Waals surface area (Å²) < 4.78 is 27.6. The Kier molecular flexibility index (Phi) is 7.28. The van der Waals surface area contributed by atoms with Crippen molar-refractivity contribution in [1.29, 1.82) is 5.26 Å². The highest BCUT2D eigenvalue weighted by Gasteiger charge is 2.40. The number of primary amides is 1. The molecule has 3 N–H and O–H groups in total. The zero-order valence-electron chi connectivity index (χ0n) is 17.8. The molecule has 0 aromatic heterocycles. The number of hydrogen-bond donors (Lipinski definition) is 2. The van der Waals surface area contributed by atoms with Crippen LogP contribution in [0.5, 0.6) is 0 Å². The van der Waals surface area contributed by atoms with Gasteiger partial charge in [-0.05, 0) is 48.1 Å². The van der Waals surface area contributed by atoms with E-state index in [4.69, 9.17) is 11.0 Å². The summed E-state index contributed by atoms with van der Waals surface area (Å²) in [4.78, 5) is 23.8. The van der Waals surface area contributed by atoms with E-state index in [1.54, 1.807) is 18.2 Å². The van der Waals surface area contributed by atoms with Crippen LogP contribution in [0.4, 0.5) is 0 Å². The monoisotopic (exact) mass is 454 g/mol. The van der Waals surface area contributed by atoms with Crippen LogP contribution >= 0.6 is 0 Å². The molecule has 0 radical (unpaired) electrons. The fourth-order valence-corrected chi connectivity index (χ4v) is 5.43. The van der Waals surface area contributed by atoms with Crippen molar-refractivity contribution >= 4 is 21.8 Å². The van der Waals surface area contributed by atoms with E-state index in [-0.39, 0.29) is 17.9 Å². The fraction of sp³-hybridized carbons (Fsp3) is 0.348. The minimum Gasteiger partial charge on any atom is -0.370 e. The molecule has 0 spiro atoms. The minimum absolute atomic E-state index is 0.0973. The molecule has 9 heteroatoms. The van der Waals surface area contributed by atoms with Gasteiger partial charge in [-0.25, -0.2) is 8.42 Å². The zero-order chi connectivity index (χ0) is 23.3. The Morgan fingerprint density at radius 3 is 2.28 bits per heavy atom. The van der Waals surface area contributed by atoms with E-state index in [1.165, 1.54) is 17.7 Å². The smallest absolute Gasteiger partial charge is 0.243 e. The maximum atomic E-state index is 13.2. The van der Waals surface area contributed by atoms with E-state index < -0.39 is 33.9 Å². The van der Waals surface area contributed by atoms with Crippen LogP contribution in [0.2, 0.25) is 0 Å². The number of nitrogens with one attached hydrogen (secondary N) is 1. The predicted molar refractivity (Wildman–Crippen MR) is 120 cm³/mol. The Bertz CT molecular complexity index is 1120. The van der Waals surface area contributed by atoms with Gasteiger partial charge in [-0.1, -0.05) is 43.3 Å². The lowest BCUT2D eigenvalue weighted by Crippen LogP contribution is -2.49. The molecular formula is C23H26N4O4S. The number of aryl methyl sites for hydroxylation is 1. The molecular weight excluding hydrogens is 428 g/mol. The Hall–Kier alpha value is -3.22. The molecule has 0 bridgehead atoms. The quantitative estimate of drug-likeness (QED) is 0.629. The van der Waals surface area contributed by atoms with Gasteiger partial charge >= 0.3 is 0 Å². The normalized spacial score (nSPS) is 17.4. The predicted octanol–water partition coefficient (Wildman–Crippen LogP) is 1.95. The lowest BCUT2D eigenvalue weighted by molar-refractivity contribution is -0.125. The number of nitriles is 1. The van der Waals surface area contributed by atoms with Gasteiger partial charge in [-0.2, -0.15) is 9.57 Å². The summed E-state index contributed by atoms with van der Waals surface area (Å²) in [6.07, 6.45) is 1.47. The fourth-order valence-electron chi connectivity index (χ4n) is 3.78. The molecule has 3 rings (SSSR count). The molecule has 32 heavy (non-hydrogen) atoms. The highest BCUT2D eigenvalue weighted by Crippen LogP contribution is 2.28. The molecule has 2 aromatic carbocycles. The van der Waals surface area contributed by atoms with E-state index in [9.17, 15) is 18.0 Å². The van der Waals surface area contributed by atoms with Crippen molar-refractivity contribution in [2.24, 2.45) is 5.73 Å². The molecule has 1 heterocycles. The number of benzene rings is 2. The van der Waals surface area contributed by atoms with Crippen molar-refractivity contribution in [3.05, 3.63) is 54.1 Å². The molecule has 8 nitrogen and oxygen atoms in total. The number of nitrogens with zero attached hydrogens (tertiary/aromatic N) is 2. The number of amides is 2. The van der Waals surface area contributed by atoms with Crippen LogP contribution in [0.15, 0.2) is 53.4 Å². The Morgan fingerprint density at radius 1 is 1.16 bits per heavy atom. The second-order valence-electron chi connectivity index (χ2n) is 7.71. The number of nitrogens with two attached hydrogens (primary N) is 1. The molecule has 0 saturated carbocycles. The molecule has 1 fully saturated rings. The Labute approximate surface area is 188 Å². The summed E-state index contributed by atoms with van der Waals surface area (Å²) in [5.74, 6) is -1.33. The SMILES string of the molecule is CCc1ccc(-c2ccc(S(=O)(=O)N3CCC[C@H]3C(=O)N[C@H](C#N)CC(N)=O)cc2)cc1. The molecule has 2 aromatic rings. The highest BCUT2D eigenvalue weighted by molar-refractivity contribution is 7.89. The summed E-state index contributed by atoms with van der Waals surface area (Å²) in [6, 6.07) is 14.4. The van der Waals surface area contributed by atoms with Gasteiger partial charge in [-0.3, -0.25) is 9.59 Å². The average molecular weight is 455 g/mol. The highest BCUT2D eigenvalue weighted by atomic mass is 32.2. The molecule has 1 aliphatic rings. The van der Waals surface area contributed by atoms with Crippen LogP contribution in [0, 0.1) is 11.3 Å². The molecule has 2 amide bonds. The standard InChI is InChI=1S/C23H26N4O4S/c1-2-16-5-7-17(8-6-16)18-9-11-20(12-10-18)32(30,31)27-13-3-4-21(27)23(29)26-19(15-24)14-22(25)28/h5-12,19,21H,2-4,13-14H2,1H3,(H2,25,28)(H,26,29)/t19-,21-/m0/s1. The zero-order valence-corrected chi connectivity index (χ0v) is 18.6. The maximum Gasteiger partial charge on any atom is 0.243 e. The van der Waals surface area contributed by atoms with Crippen molar-refractivity contribution in [3.63, 3.8) is 0 Å². The van der Waals surface area contributed by atoms with Crippen LogP contribution in [0.25, 0.3) is 11.1 Å². The number of hydrogen-bond acceptors (Lipinski definition) is 5. The van der Waals surface area contributed by atoms with Gasteiger partial charge in [0, 0.05) is 6.54 Å². The summed E-state index contributed by atoms with van der Waals surface area (Å²) in [6.45, 7) is 2.28. The molecule has 0 unspecified atom stereocenters. The van der Waals surface area contributed by atoms with Gasteiger partial charge in [0.25, 0.3) is 0 Å². The Balaban J connectivity index is 1.77. The van der Waals surface area contributed by atoms with Crippen molar-refractivity contribution < 1.29 is 18.0 Å². The van der Waals surface area contributed by atoms with E-state index in [0.717, 1.165) is 21.9 Å². The van der Waals surface area contributed by atoms with E-state index >= 15 is 0 Å². The van der Waals surface area contributed by atoms with Crippen LogP contribution < -0.4 is 11.1 Å². The van der Waals surface area contributed by atoms with Crippen molar-refractivity contribution in [3.8, 4) is 17.2 Å². The summed E-state index contributed by atoms with van der Waals surface area (Å²) in [7, 11) is -3.91. The van der Waals surface area contributed by atoms with Crippen molar-refractivity contribution in [1.82, 2.24) is 9.62 Å². The molecule has 2 atom stereocenters. The van der Waals surface area contributed by atoms with E-state index in [0.29, 0.717) is 12.8 Å². The first-order valence-corrected chi connectivity index (χ1v) is 11.9. The topological polar surface area (TPSA) is 133 Å². The van der Waals surface area contributed by atoms with Gasteiger partial charge in [0.05, 0.1) is 17.4 Å². The first kappa shape index (κ1) is 23.4. The van der Waals surface area contributed by atoms with Crippen LogP contribution in [-0.2, 0) is 26.0 Å². The summed E-state index contributed by atoms with van der Waals surface area (Å²) in [5, 5.41) is 11.5. The third-order valence-electron chi connectivity index (χ3n) is 5.54. The number of carbonyl (C=O) groups is 2. The number of sulfonamides is 1. The number of carbonyl (C=O) groups excluding carboxylic acids is 2. The minimum atomic E-state index is -3.91.